The highest BCUT2D eigenvalue weighted by atomic mass is 15.1. The molecule has 6 N–H and O–H groups in total. The summed E-state index contributed by atoms with van der Waals surface area (Å²) in [4.78, 5) is 2.19. The molecule has 128 valence electrons. The summed E-state index contributed by atoms with van der Waals surface area (Å²) in [5, 5.41) is 0. The van der Waals surface area contributed by atoms with Crippen LogP contribution >= 0.6 is 0 Å². The average molecular weight is 332 g/mol. The van der Waals surface area contributed by atoms with Crippen LogP contribution in [0.5, 0.6) is 0 Å². The Balaban J connectivity index is 2.21. The fourth-order valence-corrected chi connectivity index (χ4v) is 2.84. The first-order valence-electron chi connectivity index (χ1n) is 8.25. The van der Waals surface area contributed by atoms with Crippen molar-refractivity contribution >= 4 is 34.1 Å². The van der Waals surface area contributed by atoms with E-state index < -0.39 is 0 Å². The standard InChI is InChI=1S/C21H24N4/c1-13-10-16(4-7-19(13)22)25(17-5-8-20(23)14(2)11-17)18-6-9-21(24)15(3)12-18/h4-12H,22-24H2,1-3H3. The SMILES string of the molecule is Cc1cc(N(c2ccc(N)c(C)c2)c2ccc(N)c(C)c2)ccc1N. The van der Waals surface area contributed by atoms with Crippen molar-refractivity contribution in [3.05, 3.63) is 71.3 Å². The van der Waals surface area contributed by atoms with Gasteiger partial charge in [-0.2, -0.15) is 0 Å². The summed E-state index contributed by atoms with van der Waals surface area (Å²) < 4.78 is 0. The molecule has 0 radical (unpaired) electrons. The second-order valence-corrected chi connectivity index (χ2v) is 6.46. The molecular formula is C21H24N4. The minimum Gasteiger partial charge on any atom is -0.399 e. The third kappa shape index (κ3) is 3.24. The molecule has 0 aromatic heterocycles. The highest BCUT2D eigenvalue weighted by molar-refractivity contribution is 5.80. The first-order valence-corrected chi connectivity index (χ1v) is 8.25. The van der Waals surface area contributed by atoms with Crippen molar-refractivity contribution in [1.82, 2.24) is 0 Å². The Hall–Kier alpha value is -3.14. The van der Waals surface area contributed by atoms with Crippen LogP contribution in [0.1, 0.15) is 16.7 Å². The van der Waals surface area contributed by atoms with Crippen LogP contribution in [0.15, 0.2) is 54.6 Å². The van der Waals surface area contributed by atoms with Gasteiger partial charge in [-0.1, -0.05) is 0 Å². The maximum absolute atomic E-state index is 6.00. The predicted octanol–water partition coefficient (Wildman–Crippen LogP) is 4.83. The molecule has 0 saturated carbocycles. The topological polar surface area (TPSA) is 81.3 Å². The van der Waals surface area contributed by atoms with Crippen molar-refractivity contribution in [2.45, 2.75) is 20.8 Å². The lowest BCUT2D eigenvalue weighted by molar-refractivity contribution is 1.25. The number of hydrogen-bond acceptors (Lipinski definition) is 4. The second kappa shape index (κ2) is 6.40. The Bertz CT molecular complexity index is 809. The smallest absolute Gasteiger partial charge is 0.0465 e. The number of anilines is 6. The van der Waals surface area contributed by atoms with E-state index >= 15 is 0 Å². The molecular weight excluding hydrogens is 308 g/mol. The molecule has 0 spiro atoms. The summed E-state index contributed by atoms with van der Waals surface area (Å²) in [6.07, 6.45) is 0. The van der Waals surface area contributed by atoms with E-state index in [9.17, 15) is 0 Å². The van der Waals surface area contributed by atoms with Gasteiger partial charge >= 0.3 is 0 Å². The number of nitrogen functional groups attached to an aromatic ring is 3. The monoisotopic (exact) mass is 332 g/mol. The Morgan fingerprint density at radius 1 is 0.520 bits per heavy atom. The number of benzene rings is 3. The lowest BCUT2D eigenvalue weighted by Gasteiger charge is -2.27. The number of rotatable bonds is 3. The number of nitrogens with zero attached hydrogens (tertiary/aromatic N) is 1. The molecule has 0 aliphatic carbocycles. The van der Waals surface area contributed by atoms with Crippen molar-refractivity contribution in [3.8, 4) is 0 Å². The van der Waals surface area contributed by atoms with E-state index in [2.05, 4.69) is 23.1 Å². The van der Waals surface area contributed by atoms with Gasteiger partial charge in [0.05, 0.1) is 0 Å². The van der Waals surface area contributed by atoms with Crippen LogP contribution in [0.3, 0.4) is 0 Å². The van der Waals surface area contributed by atoms with Gasteiger partial charge in [0.2, 0.25) is 0 Å². The van der Waals surface area contributed by atoms with Gasteiger partial charge < -0.3 is 22.1 Å². The van der Waals surface area contributed by atoms with Crippen LogP contribution < -0.4 is 22.1 Å². The van der Waals surface area contributed by atoms with Gasteiger partial charge in [0.25, 0.3) is 0 Å². The summed E-state index contributed by atoms with van der Waals surface area (Å²) >= 11 is 0. The molecule has 3 rings (SSSR count). The second-order valence-electron chi connectivity index (χ2n) is 6.46. The summed E-state index contributed by atoms with van der Waals surface area (Å²) in [7, 11) is 0. The lowest BCUT2D eigenvalue weighted by Crippen LogP contribution is -2.11. The Morgan fingerprint density at radius 3 is 1.04 bits per heavy atom. The fourth-order valence-electron chi connectivity index (χ4n) is 2.84. The van der Waals surface area contributed by atoms with E-state index in [1.807, 2.05) is 57.2 Å². The van der Waals surface area contributed by atoms with Crippen molar-refractivity contribution in [2.75, 3.05) is 22.1 Å². The van der Waals surface area contributed by atoms with Crippen LogP contribution in [0.2, 0.25) is 0 Å². The quantitative estimate of drug-likeness (QED) is 0.600. The molecule has 0 atom stereocenters. The van der Waals surface area contributed by atoms with Gasteiger partial charge in [0.15, 0.2) is 0 Å². The highest BCUT2D eigenvalue weighted by Crippen LogP contribution is 2.37. The van der Waals surface area contributed by atoms with Crippen molar-refractivity contribution in [1.29, 1.82) is 0 Å². The van der Waals surface area contributed by atoms with E-state index in [1.54, 1.807) is 0 Å². The molecule has 0 aliphatic heterocycles. The molecule has 4 heteroatoms. The Labute approximate surface area is 148 Å². The summed E-state index contributed by atoms with van der Waals surface area (Å²) in [6.45, 7) is 6.04. The van der Waals surface area contributed by atoms with Crippen LogP contribution in [0.4, 0.5) is 34.1 Å². The normalized spacial score (nSPS) is 10.7. The van der Waals surface area contributed by atoms with Crippen LogP contribution in [-0.2, 0) is 0 Å². The van der Waals surface area contributed by atoms with E-state index in [-0.39, 0.29) is 0 Å². The van der Waals surface area contributed by atoms with Crippen molar-refractivity contribution in [2.24, 2.45) is 0 Å². The average Bonchev–Trinajstić information content (AvgIpc) is 2.57. The highest BCUT2D eigenvalue weighted by Gasteiger charge is 2.14. The minimum atomic E-state index is 0.783. The summed E-state index contributed by atoms with van der Waals surface area (Å²) in [5.74, 6) is 0. The third-order valence-corrected chi connectivity index (χ3v) is 4.53. The molecule has 0 unspecified atom stereocenters. The maximum Gasteiger partial charge on any atom is 0.0465 e. The molecule has 0 bridgehead atoms. The zero-order valence-electron chi connectivity index (χ0n) is 14.9. The van der Waals surface area contributed by atoms with Gasteiger partial charge in [-0.15, -0.1) is 0 Å². The summed E-state index contributed by atoms with van der Waals surface area (Å²) in [5.41, 5.74) is 26.6. The van der Waals surface area contributed by atoms with Gasteiger partial charge in [-0.3, -0.25) is 0 Å². The molecule has 0 aliphatic rings. The largest absolute Gasteiger partial charge is 0.399 e. The lowest BCUT2D eigenvalue weighted by atomic mass is 10.1. The fraction of sp³-hybridized carbons (Fsp3) is 0.143. The molecule has 3 aromatic rings. The van der Waals surface area contributed by atoms with E-state index in [0.717, 1.165) is 50.8 Å². The van der Waals surface area contributed by atoms with Crippen molar-refractivity contribution in [3.63, 3.8) is 0 Å². The molecule has 0 saturated heterocycles. The molecule has 25 heavy (non-hydrogen) atoms. The van der Waals surface area contributed by atoms with Crippen LogP contribution in [0.25, 0.3) is 0 Å². The Morgan fingerprint density at radius 2 is 0.800 bits per heavy atom. The number of aryl methyl sites for hydroxylation is 3. The van der Waals surface area contributed by atoms with Crippen molar-refractivity contribution < 1.29 is 0 Å². The molecule has 0 heterocycles. The molecule has 4 nitrogen and oxygen atoms in total. The van der Waals surface area contributed by atoms with Gasteiger partial charge in [0, 0.05) is 34.1 Å². The third-order valence-electron chi connectivity index (χ3n) is 4.53. The van der Waals surface area contributed by atoms with E-state index in [4.69, 9.17) is 17.2 Å². The van der Waals surface area contributed by atoms with Crippen LogP contribution in [-0.4, -0.2) is 0 Å². The zero-order chi connectivity index (χ0) is 18.1. The number of hydrogen-bond donors (Lipinski definition) is 3. The summed E-state index contributed by atoms with van der Waals surface area (Å²) in [6, 6.07) is 18.2. The van der Waals surface area contributed by atoms with E-state index in [1.165, 1.54) is 0 Å². The maximum atomic E-state index is 6.00. The minimum absolute atomic E-state index is 0.783. The van der Waals surface area contributed by atoms with Gasteiger partial charge in [0.1, 0.15) is 0 Å². The molecule has 3 aromatic carbocycles. The Kier molecular flexibility index (Phi) is 4.28. The van der Waals surface area contributed by atoms with Gasteiger partial charge in [-0.25, -0.2) is 0 Å². The first kappa shape index (κ1) is 16.7. The van der Waals surface area contributed by atoms with Gasteiger partial charge in [-0.05, 0) is 92.1 Å². The van der Waals surface area contributed by atoms with Crippen LogP contribution in [0, 0.1) is 20.8 Å². The first-order chi connectivity index (χ1) is 11.9. The number of nitrogens with two attached hydrogens (primary N) is 3. The molecule has 0 amide bonds. The molecule has 0 fully saturated rings. The zero-order valence-corrected chi connectivity index (χ0v) is 14.9. The predicted molar refractivity (Wildman–Crippen MR) is 109 cm³/mol. The van der Waals surface area contributed by atoms with E-state index in [0.29, 0.717) is 0 Å².